The first-order valence-electron chi connectivity index (χ1n) is 6.75. The molecule has 0 amide bonds. The molecule has 114 valence electrons. The van der Waals surface area contributed by atoms with Crippen LogP contribution in [-0.2, 0) is 6.54 Å². The van der Waals surface area contributed by atoms with Crippen molar-refractivity contribution in [2.45, 2.75) is 19.6 Å². The van der Waals surface area contributed by atoms with Crippen LogP contribution in [0.15, 0.2) is 24.4 Å². The third-order valence-corrected chi connectivity index (χ3v) is 3.38. The number of aromatic amines is 1. The fourth-order valence-corrected chi connectivity index (χ4v) is 2.11. The summed E-state index contributed by atoms with van der Waals surface area (Å²) >= 11 is 0. The van der Waals surface area contributed by atoms with Gasteiger partial charge >= 0.3 is 0 Å². The van der Waals surface area contributed by atoms with Crippen LogP contribution in [0.5, 0.6) is 11.5 Å². The van der Waals surface area contributed by atoms with Gasteiger partial charge in [-0.15, -0.1) is 0 Å². The molecule has 0 aliphatic carbocycles. The van der Waals surface area contributed by atoms with Gasteiger partial charge in [0.25, 0.3) is 0 Å². The van der Waals surface area contributed by atoms with Gasteiger partial charge in [0.1, 0.15) is 11.5 Å². The van der Waals surface area contributed by atoms with Crippen LogP contribution in [0.2, 0.25) is 0 Å². The Bertz CT molecular complexity index is 583. The minimum absolute atomic E-state index is 0.411. The van der Waals surface area contributed by atoms with Gasteiger partial charge < -0.3 is 19.9 Å². The molecule has 1 aromatic carbocycles. The smallest absolute Gasteiger partial charge is 0.124 e. The lowest BCUT2D eigenvalue weighted by Crippen LogP contribution is -2.21. The predicted molar refractivity (Wildman–Crippen MR) is 79.5 cm³/mol. The number of hydrogen-bond acceptors (Lipinski definition) is 5. The van der Waals surface area contributed by atoms with E-state index in [9.17, 15) is 5.11 Å². The number of aryl methyl sites for hydroxylation is 1. The first kappa shape index (κ1) is 15.3. The van der Waals surface area contributed by atoms with E-state index in [0.717, 1.165) is 11.3 Å². The van der Waals surface area contributed by atoms with Crippen LogP contribution in [0.3, 0.4) is 0 Å². The van der Waals surface area contributed by atoms with Crippen molar-refractivity contribution in [2.75, 3.05) is 20.8 Å². The van der Waals surface area contributed by atoms with Crippen molar-refractivity contribution in [3.05, 3.63) is 41.2 Å². The summed E-state index contributed by atoms with van der Waals surface area (Å²) in [6.07, 6.45) is 1.10. The number of H-pyrrole nitrogens is 1. The van der Waals surface area contributed by atoms with Gasteiger partial charge in [-0.3, -0.25) is 5.10 Å². The molecule has 2 rings (SSSR count). The second-order valence-corrected chi connectivity index (χ2v) is 4.77. The third-order valence-electron chi connectivity index (χ3n) is 3.38. The molecule has 0 aliphatic heterocycles. The first-order valence-corrected chi connectivity index (χ1v) is 6.75. The molecule has 0 spiro atoms. The number of nitrogens with one attached hydrogen (secondary N) is 2. The first-order chi connectivity index (χ1) is 10.2. The third kappa shape index (κ3) is 3.74. The molecule has 21 heavy (non-hydrogen) atoms. The van der Waals surface area contributed by atoms with Crippen LogP contribution in [0.25, 0.3) is 0 Å². The molecule has 0 fully saturated rings. The van der Waals surface area contributed by atoms with E-state index in [-0.39, 0.29) is 0 Å². The van der Waals surface area contributed by atoms with Gasteiger partial charge in [0.2, 0.25) is 0 Å². The zero-order chi connectivity index (χ0) is 15.2. The van der Waals surface area contributed by atoms with Crippen molar-refractivity contribution >= 4 is 0 Å². The molecule has 0 saturated heterocycles. The lowest BCUT2D eigenvalue weighted by Gasteiger charge is -2.16. The maximum absolute atomic E-state index is 10.3. The van der Waals surface area contributed by atoms with Crippen LogP contribution >= 0.6 is 0 Å². The van der Waals surface area contributed by atoms with Crippen LogP contribution in [-0.4, -0.2) is 36.1 Å². The molecule has 1 aromatic heterocycles. The number of ether oxygens (including phenoxy) is 2. The number of aromatic nitrogens is 2. The Morgan fingerprint density at radius 1 is 1.33 bits per heavy atom. The van der Waals surface area contributed by atoms with Gasteiger partial charge in [0.15, 0.2) is 0 Å². The van der Waals surface area contributed by atoms with Crippen molar-refractivity contribution in [3.8, 4) is 11.5 Å². The summed E-state index contributed by atoms with van der Waals surface area (Å²) in [6, 6.07) is 5.38. The maximum Gasteiger partial charge on any atom is 0.124 e. The Kier molecular flexibility index (Phi) is 5.19. The minimum atomic E-state index is -0.678. The average molecular weight is 291 g/mol. The fourth-order valence-electron chi connectivity index (χ4n) is 2.11. The summed E-state index contributed by atoms with van der Waals surface area (Å²) in [5.74, 6) is 1.33. The predicted octanol–water partition coefficient (Wildman–Crippen LogP) is 1.56. The van der Waals surface area contributed by atoms with Gasteiger partial charge in [0, 0.05) is 29.9 Å². The second kappa shape index (κ2) is 7.10. The fraction of sp³-hybridized carbons (Fsp3) is 0.400. The maximum atomic E-state index is 10.3. The van der Waals surface area contributed by atoms with E-state index in [2.05, 4.69) is 15.5 Å². The molecule has 0 unspecified atom stereocenters. The monoisotopic (exact) mass is 291 g/mol. The minimum Gasteiger partial charge on any atom is -0.497 e. The number of hydrogen-bond donors (Lipinski definition) is 3. The lowest BCUT2D eigenvalue weighted by molar-refractivity contribution is 0.169. The quantitative estimate of drug-likeness (QED) is 0.721. The summed E-state index contributed by atoms with van der Waals surface area (Å²) in [7, 11) is 3.18. The Labute approximate surface area is 124 Å². The molecule has 0 radical (unpaired) electrons. The van der Waals surface area contributed by atoms with Crippen molar-refractivity contribution in [3.63, 3.8) is 0 Å². The summed E-state index contributed by atoms with van der Waals surface area (Å²) in [5, 5.41) is 20.4. The lowest BCUT2D eigenvalue weighted by atomic mass is 10.1. The molecule has 2 aromatic rings. The Hall–Kier alpha value is -2.05. The SMILES string of the molecule is COc1ccc(OC)c([C@H](O)CNCc2cn[nH]c2C)c1. The topological polar surface area (TPSA) is 79.4 Å². The number of benzene rings is 1. The molecule has 0 bridgehead atoms. The molecule has 6 nitrogen and oxygen atoms in total. The van der Waals surface area contributed by atoms with Crippen molar-refractivity contribution in [2.24, 2.45) is 0 Å². The summed E-state index contributed by atoms with van der Waals surface area (Å²) in [5.41, 5.74) is 2.81. The van der Waals surface area contributed by atoms with Crippen molar-refractivity contribution < 1.29 is 14.6 Å². The molecule has 6 heteroatoms. The Morgan fingerprint density at radius 3 is 2.76 bits per heavy atom. The van der Waals surface area contributed by atoms with E-state index in [0.29, 0.717) is 30.2 Å². The standard InChI is InChI=1S/C15H21N3O3/c1-10-11(8-17-18-10)7-16-9-14(19)13-6-12(20-2)4-5-15(13)21-3/h4-6,8,14,16,19H,7,9H2,1-3H3,(H,17,18)/t14-/m1/s1. The number of nitrogens with zero attached hydrogens (tertiary/aromatic N) is 1. The molecule has 1 atom stereocenters. The number of methoxy groups -OCH3 is 2. The highest BCUT2D eigenvalue weighted by molar-refractivity contribution is 5.41. The van der Waals surface area contributed by atoms with Crippen LogP contribution < -0.4 is 14.8 Å². The van der Waals surface area contributed by atoms with E-state index >= 15 is 0 Å². The normalized spacial score (nSPS) is 12.2. The van der Waals surface area contributed by atoms with Gasteiger partial charge in [-0.05, 0) is 25.1 Å². The number of aliphatic hydroxyl groups is 1. The summed E-state index contributed by atoms with van der Waals surface area (Å²) in [4.78, 5) is 0. The van der Waals surface area contributed by atoms with Gasteiger partial charge in [-0.1, -0.05) is 0 Å². The number of rotatable bonds is 7. The van der Waals surface area contributed by atoms with Crippen LogP contribution in [0, 0.1) is 6.92 Å². The Morgan fingerprint density at radius 2 is 2.14 bits per heavy atom. The van der Waals surface area contributed by atoms with Crippen molar-refractivity contribution in [1.29, 1.82) is 0 Å². The van der Waals surface area contributed by atoms with Gasteiger partial charge in [-0.25, -0.2) is 0 Å². The van der Waals surface area contributed by atoms with Crippen molar-refractivity contribution in [1.82, 2.24) is 15.5 Å². The zero-order valence-corrected chi connectivity index (χ0v) is 12.5. The van der Waals surface area contributed by atoms with Gasteiger partial charge in [0.05, 0.1) is 26.5 Å². The van der Waals surface area contributed by atoms with Crippen LogP contribution in [0.1, 0.15) is 22.9 Å². The molecule has 3 N–H and O–H groups in total. The molecular weight excluding hydrogens is 270 g/mol. The van der Waals surface area contributed by atoms with E-state index in [1.165, 1.54) is 0 Å². The average Bonchev–Trinajstić information content (AvgIpc) is 2.91. The van der Waals surface area contributed by atoms with Crippen LogP contribution in [0.4, 0.5) is 0 Å². The number of aliphatic hydroxyl groups excluding tert-OH is 1. The van der Waals surface area contributed by atoms with E-state index in [1.807, 2.05) is 6.92 Å². The highest BCUT2D eigenvalue weighted by atomic mass is 16.5. The molecular formula is C15H21N3O3. The Balaban J connectivity index is 1.99. The highest BCUT2D eigenvalue weighted by Gasteiger charge is 2.14. The molecule has 1 heterocycles. The van der Waals surface area contributed by atoms with E-state index in [4.69, 9.17) is 9.47 Å². The largest absolute Gasteiger partial charge is 0.497 e. The zero-order valence-electron chi connectivity index (χ0n) is 12.5. The van der Waals surface area contributed by atoms with Gasteiger partial charge in [-0.2, -0.15) is 5.10 Å². The molecule has 0 aliphatic rings. The second-order valence-electron chi connectivity index (χ2n) is 4.77. The van der Waals surface area contributed by atoms with E-state index < -0.39 is 6.10 Å². The summed E-state index contributed by atoms with van der Waals surface area (Å²) in [6.45, 7) is 3.02. The highest BCUT2D eigenvalue weighted by Crippen LogP contribution is 2.29. The van der Waals surface area contributed by atoms with E-state index in [1.54, 1.807) is 38.6 Å². The molecule has 0 saturated carbocycles. The summed E-state index contributed by atoms with van der Waals surface area (Å²) < 4.78 is 10.5.